The lowest BCUT2D eigenvalue weighted by Gasteiger charge is -2.27. The number of rotatable bonds is 9. The Morgan fingerprint density at radius 1 is 1.03 bits per heavy atom. The summed E-state index contributed by atoms with van der Waals surface area (Å²) in [6.45, 7) is 6.75. The third-order valence-corrected chi connectivity index (χ3v) is 5.64. The highest BCUT2D eigenvalue weighted by molar-refractivity contribution is 5.96. The number of anilines is 1. The van der Waals surface area contributed by atoms with Crippen LogP contribution in [0.5, 0.6) is 0 Å². The topological polar surface area (TPSA) is 76.5 Å². The highest BCUT2D eigenvalue weighted by atomic mass is 16.5. The summed E-state index contributed by atoms with van der Waals surface area (Å²) in [5, 5.41) is 7.42. The third-order valence-electron chi connectivity index (χ3n) is 5.64. The van der Waals surface area contributed by atoms with Crippen molar-refractivity contribution in [2.45, 2.75) is 32.1 Å². The fourth-order valence-corrected chi connectivity index (χ4v) is 3.73. The molecule has 2 amide bonds. The van der Waals surface area contributed by atoms with Gasteiger partial charge in [0.15, 0.2) is 0 Å². The zero-order valence-electron chi connectivity index (χ0n) is 20.6. The van der Waals surface area contributed by atoms with E-state index in [1.54, 1.807) is 23.7 Å². The number of benzene rings is 2. The van der Waals surface area contributed by atoms with E-state index in [2.05, 4.69) is 31.2 Å². The van der Waals surface area contributed by atoms with Crippen molar-refractivity contribution in [3.05, 3.63) is 83.6 Å². The van der Waals surface area contributed by atoms with Crippen LogP contribution in [0.1, 0.15) is 43.5 Å². The minimum Gasteiger partial charge on any atom is -0.383 e. The molecule has 3 aromatic rings. The van der Waals surface area contributed by atoms with E-state index in [1.807, 2.05) is 66.7 Å². The number of amides is 2. The molecule has 1 heterocycles. The summed E-state index contributed by atoms with van der Waals surface area (Å²) < 4.78 is 6.88. The highest BCUT2D eigenvalue weighted by Gasteiger charge is 2.29. The van der Waals surface area contributed by atoms with Crippen LogP contribution in [-0.4, -0.2) is 53.3 Å². The lowest BCUT2D eigenvalue weighted by atomic mass is 9.90. The number of nitrogens with one attached hydrogen (secondary N) is 1. The number of hydrogen-bond acceptors (Lipinski definition) is 4. The Morgan fingerprint density at radius 3 is 2.06 bits per heavy atom. The van der Waals surface area contributed by atoms with Gasteiger partial charge in [0, 0.05) is 32.2 Å². The van der Waals surface area contributed by atoms with E-state index in [1.165, 1.54) is 0 Å². The predicted molar refractivity (Wildman–Crippen MR) is 134 cm³/mol. The van der Waals surface area contributed by atoms with Gasteiger partial charge in [0.1, 0.15) is 12.4 Å². The van der Waals surface area contributed by atoms with Crippen molar-refractivity contribution in [1.29, 1.82) is 0 Å². The van der Waals surface area contributed by atoms with E-state index in [4.69, 9.17) is 4.74 Å². The van der Waals surface area contributed by atoms with E-state index in [-0.39, 0.29) is 23.8 Å². The molecule has 7 nitrogen and oxygen atoms in total. The number of carbonyl (C=O) groups excluding carboxylic acids is 2. The first-order chi connectivity index (χ1) is 16.2. The molecule has 0 fully saturated rings. The van der Waals surface area contributed by atoms with Gasteiger partial charge in [-0.3, -0.25) is 14.3 Å². The van der Waals surface area contributed by atoms with Crippen molar-refractivity contribution >= 4 is 17.6 Å². The van der Waals surface area contributed by atoms with E-state index >= 15 is 0 Å². The number of nitrogens with zero attached hydrogens (tertiary/aromatic N) is 3. The minimum atomic E-state index is -0.517. The fourth-order valence-electron chi connectivity index (χ4n) is 3.73. The molecule has 7 heteroatoms. The van der Waals surface area contributed by atoms with Gasteiger partial charge in [-0.05, 0) is 11.1 Å². The van der Waals surface area contributed by atoms with Crippen LogP contribution in [0.2, 0.25) is 0 Å². The molecule has 2 aromatic carbocycles. The first-order valence-electron chi connectivity index (χ1n) is 11.4. The molecule has 3 rings (SSSR count). The number of aromatic nitrogens is 2. The van der Waals surface area contributed by atoms with Crippen molar-refractivity contribution in [3.63, 3.8) is 0 Å². The van der Waals surface area contributed by atoms with Gasteiger partial charge < -0.3 is 15.0 Å². The molecule has 0 unspecified atom stereocenters. The van der Waals surface area contributed by atoms with Gasteiger partial charge in [0.25, 0.3) is 0 Å². The van der Waals surface area contributed by atoms with Crippen LogP contribution in [0.3, 0.4) is 0 Å². The van der Waals surface area contributed by atoms with Crippen LogP contribution in [0.4, 0.5) is 5.82 Å². The fraction of sp³-hybridized carbons (Fsp3) is 0.370. The molecule has 0 saturated heterocycles. The maximum Gasteiger partial charge on any atom is 0.245 e. The van der Waals surface area contributed by atoms with Crippen LogP contribution < -0.4 is 5.32 Å². The Labute approximate surface area is 201 Å². The molecule has 0 aliphatic carbocycles. The quantitative estimate of drug-likeness (QED) is 0.522. The maximum atomic E-state index is 13.8. The summed E-state index contributed by atoms with van der Waals surface area (Å²) >= 11 is 0. The van der Waals surface area contributed by atoms with E-state index in [0.717, 1.165) is 16.8 Å². The van der Waals surface area contributed by atoms with E-state index in [0.29, 0.717) is 19.0 Å². The van der Waals surface area contributed by atoms with Gasteiger partial charge in [0.05, 0.1) is 18.2 Å². The summed E-state index contributed by atoms with van der Waals surface area (Å²) in [5.74, 6) is -0.356. The summed E-state index contributed by atoms with van der Waals surface area (Å²) in [7, 11) is 3.37. The molecule has 180 valence electrons. The monoisotopic (exact) mass is 462 g/mol. The van der Waals surface area contributed by atoms with Gasteiger partial charge in [0.2, 0.25) is 11.8 Å². The Hall–Kier alpha value is -3.45. The standard InChI is InChI=1S/C27H34N4O3/c1-27(2,3)22-18-23(30(4)29-22)28-24(32)19-31(16-17-34-5)26(33)25(20-12-8-6-9-13-20)21-14-10-7-11-15-21/h6-15,18,25H,16-17,19H2,1-5H3,(H,28,32). The normalized spacial score (nSPS) is 11.5. The van der Waals surface area contributed by atoms with E-state index in [9.17, 15) is 9.59 Å². The molecule has 0 atom stereocenters. The number of methoxy groups -OCH3 is 1. The van der Waals surface area contributed by atoms with Crippen LogP contribution in [0, 0.1) is 0 Å². The second-order valence-corrected chi connectivity index (χ2v) is 9.34. The molecule has 0 aliphatic heterocycles. The summed E-state index contributed by atoms with van der Waals surface area (Å²) in [6, 6.07) is 21.1. The highest BCUT2D eigenvalue weighted by Crippen LogP contribution is 2.27. The minimum absolute atomic E-state index is 0.0889. The second-order valence-electron chi connectivity index (χ2n) is 9.34. The van der Waals surface area contributed by atoms with Crippen molar-refractivity contribution < 1.29 is 14.3 Å². The first kappa shape index (κ1) is 25.2. The van der Waals surface area contributed by atoms with Crippen molar-refractivity contribution in [3.8, 4) is 0 Å². The van der Waals surface area contributed by atoms with Crippen LogP contribution in [-0.2, 0) is 26.8 Å². The van der Waals surface area contributed by atoms with Crippen LogP contribution >= 0.6 is 0 Å². The predicted octanol–water partition coefficient (Wildman–Crippen LogP) is 3.96. The molecule has 0 bridgehead atoms. The summed E-state index contributed by atoms with van der Waals surface area (Å²) in [4.78, 5) is 28.4. The van der Waals surface area contributed by atoms with Crippen molar-refractivity contribution in [1.82, 2.24) is 14.7 Å². The molecule has 0 spiro atoms. The number of ether oxygens (including phenoxy) is 1. The number of carbonyl (C=O) groups is 2. The second kappa shape index (κ2) is 11.1. The first-order valence-corrected chi connectivity index (χ1v) is 11.4. The maximum absolute atomic E-state index is 13.8. The molecule has 1 N–H and O–H groups in total. The SMILES string of the molecule is COCCN(CC(=O)Nc1cc(C(C)(C)C)nn1C)C(=O)C(c1ccccc1)c1ccccc1. The molecule has 1 aromatic heterocycles. The number of aryl methyl sites for hydroxylation is 1. The van der Waals surface area contributed by atoms with Gasteiger partial charge in [-0.2, -0.15) is 5.10 Å². The smallest absolute Gasteiger partial charge is 0.245 e. The third kappa shape index (κ3) is 6.32. The van der Waals surface area contributed by atoms with Crippen LogP contribution in [0.15, 0.2) is 66.7 Å². The summed E-state index contributed by atoms with van der Waals surface area (Å²) in [6.07, 6.45) is 0. The molecule has 34 heavy (non-hydrogen) atoms. The molecule has 0 saturated carbocycles. The lowest BCUT2D eigenvalue weighted by Crippen LogP contribution is -2.42. The molecule has 0 aliphatic rings. The summed E-state index contributed by atoms with van der Waals surface area (Å²) in [5.41, 5.74) is 2.50. The zero-order chi connectivity index (χ0) is 24.7. The average Bonchev–Trinajstić information content (AvgIpc) is 3.18. The molecular formula is C27H34N4O3. The Kier molecular flexibility index (Phi) is 8.23. The van der Waals surface area contributed by atoms with Gasteiger partial charge in [-0.1, -0.05) is 81.4 Å². The van der Waals surface area contributed by atoms with Crippen molar-refractivity contribution in [2.24, 2.45) is 7.05 Å². The largest absolute Gasteiger partial charge is 0.383 e. The lowest BCUT2D eigenvalue weighted by molar-refractivity contribution is -0.135. The molecular weight excluding hydrogens is 428 g/mol. The van der Waals surface area contributed by atoms with Crippen LogP contribution in [0.25, 0.3) is 0 Å². The van der Waals surface area contributed by atoms with Gasteiger partial charge in [-0.15, -0.1) is 0 Å². The Bertz CT molecular complexity index is 1050. The van der Waals surface area contributed by atoms with Crippen molar-refractivity contribution in [2.75, 3.05) is 32.1 Å². The van der Waals surface area contributed by atoms with Gasteiger partial charge in [-0.25, -0.2) is 0 Å². The Balaban J connectivity index is 1.84. The zero-order valence-corrected chi connectivity index (χ0v) is 20.6. The average molecular weight is 463 g/mol. The van der Waals surface area contributed by atoms with E-state index < -0.39 is 5.92 Å². The number of hydrogen-bond donors (Lipinski definition) is 1. The Morgan fingerprint density at radius 2 is 1.59 bits per heavy atom. The molecule has 0 radical (unpaired) electrons. The van der Waals surface area contributed by atoms with Gasteiger partial charge >= 0.3 is 0 Å².